The Morgan fingerprint density at radius 2 is 2.07 bits per heavy atom. The first-order valence-electron chi connectivity index (χ1n) is 8.92. The van der Waals surface area contributed by atoms with Crippen molar-refractivity contribution in [2.45, 2.75) is 36.6 Å². The molecule has 1 aromatic carbocycles. The average molecular weight is 388 g/mol. The standard InChI is InChI=1S/C18H20N4O4S/c19-11-14-12-20-22(15-5-8-25-9-6-15)18(14)21-27(23,24)16-3-4-17-13(10-16)2-1-7-26-17/h3-4,10,12,15,21H,1-2,5-9H2. The number of hydrogen-bond donors (Lipinski definition) is 1. The molecule has 2 aromatic rings. The lowest BCUT2D eigenvalue weighted by Crippen LogP contribution is -2.24. The minimum absolute atomic E-state index is 0.00418. The van der Waals surface area contributed by atoms with E-state index in [0.29, 0.717) is 19.8 Å². The van der Waals surface area contributed by atoms with Crippen LogP contribution in [-0.2, 0) is 21.2 Å². The Hall–Kier alpha value is -2.57. The zero-order valence-corrected chi connectivity index (χ0v) is 15.5. The van der Waals surface area contributed by atoms with Crippen LogP contribution in [0, 0.1) is 11.3 Å². The zero-order chi connectivity index (χ0) is 18.9. The number of nitrogens with zero attached hydrogens (tertiary/aromatic N) is 3. The molecule has 0 saturated carbocycles. The van der Waals surface area contributed by atoms with E-state index in [0.717, 1.165) is 37.0 Å². The monoisotopic (exact) mass is 388 g/mol. The SMILES string of the molecule is N#Cc1cnn(C2CCOCC2)c1NS(=O)(=O)c1ccc2c(c1)CCCO2. The highest BCUT2D eigenvalue weighted by Gasteiger charge is 2.26. The van der Waals surface area contributed by atoms with Gasteiger partial charge in [-0.1, -0.05) is 0 Å². The number of benzene rings is 1. The van der Waals surface area contributed by atoms with Crippen molar-refractivity contribution in [2.75, 3.05) is 24.5 Å². The Morgan fingerprint density at radius 3 is 2.85 bits per heavy atom. The van der Waals surface area contributed by atoms with Crippen LogP contribution in [0.3, 0.4) is 0 Å². The van der Waals surface area contributed by atoms with Gasteiger partial charge in [-0.3, -0.25) is 4.72 Å². The molecule has 0 unspecified atom stereocenters. The number of nitriles is 1. The summed E-state index contributed by atoms with van der Waals surface area (Å²) < 4.78 is 41.0. The normalized spacial score (nSPS) is 17.6. The first-order chi connectivity index (χ1) is 13.1. The molecule has 0 aliphatic carbocycles. The summed E-state index contributed by atoms with van der Waals surface area (Å²) in [6.45, 7) is 1.82. The lowest BCUT2D eigenvalue weighted by molar-refractivity contribution is 0.0669. The number of ether oxygens (including phenoxy) is 2. The summed E-state index contributed by atoms with van der Waals surface area (Å²) in [5.41, 5.74) is 1.08. The summed E-state index contributed by atoms with van der Waals surface area (Å²) in [5, 5.41) is 13.6. The van der Waals surface area contributed by atoms with Gasteiger partial charge in [0.25, 0.3) is 10.0 Å². The fourth-order valence-corrected chi connectivity index (χ4v) is 4.56. The molecule has 0 spiro atoms. The van der Waals surface area contributed by atoms with Crippen LogP contribution in [0.2, 0.25) is 0 Å². The molecule has 1 fully saturated rings. The molecule has 1 saturated heterocycles. The van der Waals surface area contributed by atoms with E-state index in [1.807, 2.05) is 6.07 Å². The van der Waals surface area contributed by atoms with Crippen molar-refractivity contribution >= 4 is 15.8 Å². The van der Waals surface area contributed by atoms with Gasteiger partial charge in [0, 0.05) is 13.2 Å². The summed E-state index contributed by atoms with van der Waals surface area (Å²) in [6, 6.07) is 6.86. The van der Waals surface area contributed by atoms with E-state index in [1.54, 1.807) is 16.8 Å². The second kappa shape index (κ2) is 7.21. The molecule has 27 heavy (non-hydrogen) atoms. The molecule has 0 radical (unpaired) electrons. The number of rotatable bonds is 4. The van der Waals surface area contributed by atoms with E-state index in [2.05, 4.69) is 9.82 Å². The van der Waals surface area contributed by atoms with Gasteiger partial charge in [0.15, 0.2) is 5.82 Å². The Balaban J connectivity index is 1.67. The smallest absolute Gasteiger partial charge is 0.263 e. The highest BCUT2D eigenvalue weighted by Crippen LogP contribution is 2.30. The van der Waals surface area contributed by atoms with Gasteiger partial charge in [-0.05, 0) is 49.4 Å². The van der Waals surface area contributed by atoms with Gasteiger partial charge in [0.2, 0.25) is 0 Å². The summed E-state index contributed by atoms with van der Waals surface area (Å²) in [4.78, 5) is 0.148. The van der Waals surface area contributed by atoms with E-state index in [9.17, 15) is 13.7 Å². The van der Waals surface area contributed by atoms with Crippen LogP contribution in [0.5, 0.6) is 5.75 Å². The van der Waals surface area contributed by atoms with Crippen LogP contribution in [0.25, 0.3) is 0 Å². The highest BCUT2D eigenvalue weighted by atomic mass is 32.2. The number of aromatic nitrogens is 2. The molecule has 8 nitrogen and oxygen atoms in total. The lowest BCUT2D eigenvalue weighted by Gasteiger charge is -2.24. The van der Waals surface area contributed by atoms with Crippen LogP contribution in [-0.4, -0.2) is 38.0 Å². The Morgan fingerprint density at radius 1 is 1.26 bits per heavy atom. The molecule has 3 heterocycles. The lowest BCUT2D eigenvalue weighted by atomic mass is 10.1. The predicted molar refractivity (Wildman–Crippen MR) is 97.1 cm³/mol. The third-order valence-corrected chi connectivity index (χ3v) is 6.21. The summed E-state index contributed by atoms with van der Waals surface area (Å²) >= 11 is 0. The summed E-state index contributed by atoms with van der Waals surface area (Å²) in [7, 11) is -3.86. The largest absolute Gasteiger partial charge is 0.493 e. The Labute approximate surface area is 157 Å². The minimum Gasteiger partial charge on any atom is -0.493 e. The second-order valence-corrected chi connectivity index (χ2v) is 8.32. The number of nitrogens with one attached hydrogen (secondary N) is 1. The third kappa shape index (κ3) is 3.50. The van der Waals surface area contributed by atoms with Crippen molar-refractivity contribution in [3.63, 3.8) is 0 Å². The first kappa shape index (κ1) is 17.8. The van der Waals surface area contributed by atoms with Crippen molar-refractivity contribution in [2.24, 2.45) is 0 Å². The fraction of sp³-hybridized carbons (Fsp3) is 0.444. The van der Waals surface area contributed by atoms with Crippen molar-refractivity contribution in [3.05, 3.63) is 35.5 Å². The van der Waals surface area contributed by atoms with Crippen LogP contribution in [0.15, 0.2) is 29.3 Å². The molecular weight excluding hydrogens is 368 g/mol. The molecule has 0 atom stereocenters. The number of aryl methyl sites for hydroxylation is 1. The number of hydrogen-bond acceptors (Lipinski definition) is 6. The van der Waals surface area contributed by atoms with Gasteiger partial charge in [-0.25, -0.2) is 13.1 Å². The van der Waals surface area contributed by atoms with E-state index >= 15 is 0 Å². The maximum Gasteiger partial charge on any atom is 0.263 e. The van der Waals surface area contributed by atoms with Gasteiger partial charge in [0.05, 0.1) is 23.7 Å². The number of sulfonamides is 1. The first-order valence-corrected chi connectivity index (χ1v) is 10.4. The maximum atomic E-state index is 13.0. The van der Waals surface area contributed by atoms with Crippen molar-refractivity contribution < 1.29 is 17.9 Å². The topological polar surface area (TPSA) is 106 Å². The Bertz CT molecular complexity index is 987. The third-order valence-electron chi connectivity index (χ3n) is 4.87. The van der Waals surface area contributed by atoms with Crippen LogP contribution < -0.4 is 9.46 Å². The van der Waals surface area contributed by atoms with Crippen molar-refractivity contribution in [1.82, 2.24) is 9.78 Å². The van der Waals surface area contributed by atoms with E-state index in [4.69, 9.17) is 9.47 Å². The van der Waals surface area contributed by atoms with Crippen molar-refractivity contribution in [3.8, 4) is 11.8 Å². The molecule has 2 aliphatic rings. The molecule has 0 bridgehead atoms. The van der Waals surface area contributed by atoms with Crippen LogP contribution >= 0.6 is 0 Å². The summed E-state index contributed by atoms with van der Waals surface area (Å²) in [6.07, 6.45) is 4.48. The number of anilines is 1. The molecule has 9 heteroatoms. The quantitative estimate of drug-likeness (QED) is 0.861. The van der Waals surface area contributed by atoms with Crippen molar-refractivity contribution in [1.29, 1.82) is 5.26 Å². The van der Waals surface area contributed by atoms with Gasteiger partial charge < -0.3 is 9.47 Å². The second-order valence-electron chi connectivity index (χ2n) is 6.63. The van der Waals surface area contributed by atoms with E-state index < -0.39 is 10.0 Å². The molecule has 2 aliphatic heterocycles. The molecule has 1 N–H and O–H groups in total. The van der Waals surface area contributed by atoms with Gasteiger partial charge in [-0.15, -0.1) is 0 Å². The maximum absolute atomic E-state index is 13.0. The number of fused-ring (bicyclic) bond motifs is 1. The zero-order valence-electron chi connectivity index (χ0n) is 14.7. The van der Waals surface area contributed by atoms with E-state index in [-0.39, 0.29) is 22.3 Å². The van der Waals surface area contributed by atoms with Gasteiger partial charge in [-0.2, -0.15) is 10.4 Å². The predicted octanol–water partition coefficient (Wildman–Crippen LogP) is 2.23. The van der Waals surface area contributed by atoms with Crippen LogP contribution in [0.1, 0.15) is 36.4 Å². The van der Waals surface area contributed by atoms with Crippen LogP contribution in [0.4, 0.5) is 5.82 Å². The fourth-order valence-electron chi connectivity index (χ4n) is 3.44. The Kier molecular flexibility index (Phi) is 4.76. The molecule has 1 aromatic heterocycles. The molecule has 142 valence electrons. The average Bonchev–Trinajstić information content (AvgIpc) is 3.10. The molecule has 4 rings (SSSR count). The van der Waals surface area contributed by atoms with Gasteiger partial charge in [0.1, 0.15) is 17.4 Å². The van der Waals surface area contributed by atoms with Gasteiger partial charge >= 0.3 is 0 Å². The summed E-state index contributed by atoms with van der Waals surface area (Å²) in [5.74, 6) is 0.934. The molecule has 0 amide bonds. The minimum atomic E-state index is -3.86. The highest BCUT2D eigenvalue weighted by molar-refractivity contribution is 7.92. The molecular formula is C18H20N4O4S. The van der Waals surface area contributed by atoms with E-state index in [1.165, 1.54) is 12.3 Å².